The lowest BCUT2D eigenvalue weighted by Gasteiger charge is -2.12. The number of nitrogens with one attached hydrogen (secondary N) is 1. The second-order valence-electron chi connectivity index (χ2n) is 7.52. The zero-order chi connectivity index (χ0) is 22.8. The summed E-state index contributed by atoms with van der Waals surface area (Å²) in [5.41, 5.74) is 1.91. The van der Waals surface area contributed by atoms with Crippen LogP contribution in [0.5, 0.6) is 11.5 Å². The maximum Gasteiger partial charge on any atom is 0.287 e. The van der Waals surface area contributed by atoms with Crippen molar-refractivity contribution in [3.63, 3.8) is 0 Å². The van der Waals surface area contributed by atoms with Gasteiger partial charge < -0.3 is 19.2 Å². The van der Waals surface area contributed by atoms with E-state index in [1.807, 2.05) is 24.3 Å². The lowest BCUT2D eigenvalue weighted by atomic mass is 10.0. The third-order valence-electron chi connectivity index (χ3n) is 5.42. The van der Waals surface area contributed by atoms with Gasteiger partial charge in [0.25, 0.3) is 5.91 Å². The minimum absolute atomic E-state index is 0.181. The normalized spacial score (nSPS) is 14.4. The molecule has 8 heteroatoms. The fraction of sp³-hybridized carbons (Fsp3) is 0.160. The molecule has 1 aliphatic heterocycles. The SMILES string of the molecule is COc1ccc(-c2ccc(C(=O)NCC3Cc4c(F)ccc(-c5ncccn5)c4O3)o2)cc1. The van der Waals surface area contributed by atoms with Gasteiger partial charge in [-0.15, -0.1) is 0 Å². The van der Waals surface area contributed by atoms with Gasteiger partial charge in [0, 0.05) is 29.9 Å². The van der Waals surface area contributed by atoms with Crippen LogP contribution in [0.3, 0.4) is 0 Å². The van der Waals surface area contributed by atoms with Crippen LogP contribution in [-0.2, 0) is 6.42 Å². The third-order valence-corrected chi connectivity index (χ3v) is 5.42. The van der Waals surface area contributed by atoms with Gasteiger partial charge in [0.1, 0.15) is 29.2 Å². The van der Waals surface area contributed by atoms with E-state index >= 15 is 0 Å². The van der Waals surface area contributed by atoms with Crippen molar-refractivity contribution in [2.75, 3.05) is 13.7 Å². The number of carbonyl (C=O) groups excluding carboxylic acids is 1. The molecule has 2 aromatic carbocycles. The van der Waals surface area contributed by atoms with Gasteiger partial charge in [-0.2, -0.15) is 0 Å². The van der Waals surface area contributed by atoms with Crippen LogP contribution in [0.15, 0.2) is 71.4 Å². The highest BCUT2D eigenvalue weighted by Gasteiger charge is 2.30. The van der Waals surface area contributed by atoms with E-state index in [2.05, 4.69) is 15.3 Å². The molecule has 7 nitrogen and oxygen atoms in total. The Bertz CT molecular complexity index is 1290. The molecule has 0 saturated heterocycles. The molecule has 33 heavy (non-hydrogen) atoms. The Labute approximate surface area is 189 Å². The smallest absolute Gasteiger partial charge is 0.287 e. The first kappa shape index (κ1) is 20.7. The van der Waals surface area contributed by atoms with E-state index in [0.29, 0.717) is 34.9 Å². The number of benzene rings is 2. The third kappa shape index (κ3) is 4.15. The van der Waals surface area contributed by atoms with Crippen LogP contribution in [0.25, 0.3) is 22.7 Å². The van der Waals surface area contributed by atoms with Gasteiger partial charge in [0.2, 0.25) is 0 Å². The van der Waals surface area contributed by atoms with E-state index < -0.39 is 6.10 Å². The van der Waals surface area contributed by atoms with Crippen LogP contribution in [0, 0.1) is 5.82 Å². The molecular weight excluding hydrogens is 425 g/mol. The molecular formula is C25H20FN3O4. The van der Waals surface area contributed by atoms with E-state index in [9.17, 15) is 9.18 Å². The maximum atomic E-state index is 14.4. The Balaban J connectivity index is 1.25. The second-order valence-corrected chi connectivity index (χ2v) is 7.52. The molecule has 3 heterocycles. The molecule has 1 unspecified atom stereocenters. The minimum atomic E-state index is -0.417. The average molecular weight is 445 g/mol. The molecule has 166 valence electrons. The lowest BCUT2D eigenvalue weighted by Crippen LogP contribution is -2.34. The van der Waals surface area contributed by atoms with Gasteiger partial charge >= 0.3 is 0 Å². The second kappa shape index (κ2) is 8.74. The van der Waals surface area contributed by atoms with Crippen LogP contribution in [-0.4, -0.2) is 35.6 Å². The van der Waals surface area contributed by atoms with Crippen molar-refractivity contribution in [2.45, 2.75) is 12.5 Å². The number of aromatic nitrogens is 2. The highest BCUT2D eigenvalue weighted by Crippen LogP contribution is 2.38. The molecule has 0 bridgehead atoms. The molecule has 1 aliphatic rings. The number of hydrogen-bond acceptors (Lipinski definition) is 6. The highest BCUT2D eigenvalue weighted by atomic mass is 19.1. The number of halogens is 1. The predicted molar refractivity (Wildman–Crippen MR) is 119 cm³/mol. The molecule has 0 aliphatic carbocycles. The first-order valence-electron chi connectivity index (χ1n) is 10.4. The highest BCUT2D eigenvalue weighted by molar-refractivity contribution is 5.92. The van der Waals surface area contributed by atoms with E-state index in [0.717, 1.165) is 11.3 Å². The molecule has 0 radical (unpaired) electrons. The summed E-state index contributed by atoms with van der Waals surface area (Å²) in [7, 11) is 1.60. The quantitative estimate of drug-likeness (QED) is 0.477. The van der Waals surface area contributed by atoms with Crippen molar-refractivity contribution in [1.29, 1.82) is 0 Å². The van der Waals surface area contributed by atoms with Gasteiger partial charge in [0.15, 0.2) is 11.6 Å². The molecule has 0 spiro atoms. The molecule has 1 amide bonds. The van der Waals surface area contributed by atoms with E-state index in [1.165, 1.54) is 6.07 Å². The van der Waals surface area contributed by atoms with Crippen molar-refractivity contribution in [1.82, 2.24) is 15.3 Å². The van der Waals surface area contributed by atoms with Crippen LogP contribution >= 0.6 is 0 Å². The number of hydrogen-bond donors (Lipinski definition) is 1. The van der Waals surface area contributed by atoms with Crippen molar-refractivity contribution < 1.29 is 23.1 Å². The fourth-order valence-electron chi connectivity index (χ4n) is 3.76. The Kier molecular flexibility index (Phi) is 5.48. The summed E-state index contributed by atoms with van der Waals surface area (Å²) in [6, 6.07) is 15.4. The van der Waals surface area contributed by atoms with Crippen molar-refractivity contribution in [3.8, 4) is 34.2 Å². The average Bonchev–Trinajstić information content (AvgIpc) is 3.52. The van der Waals surface area contributed by atoms with Crippen LogP contribution in [0.4, 0.5) is 4.39 Å². The number of methoxy groups -OCH3 is 1. The van der Waals surface area contributed by atoms with Gasteiger partial charge in [-0.3, -0.25) is 4.79 Å². The molecule has 0 fully saturated rings. The van der Waals surface area contributed by atoms with Gasteiger partial charge in [0.05, 0.1) is 19.2 Å². The monoisotopic (exact) mass is 445 g/mol. The van der Waals surface area contributed by atoms with Crippen LogP contribution in [0.2, 0.25) is 0 Å². The van der Waals surface area contributed by atoms with Crippen molar-refractivity contribution in [3.05, 3.63) is 84.1 Å². The number of rotatable bonds is 6. The van der Waals surface area contributed by atoms with Gasteiger partial charge in [-0.25, -0.2) is 14.4 Å². The maximum absolute atomic E-state index is 14.4. The minimum Gasteiger partial charge on any atom is -0.497 e. The predicted octanol–water partition coefficient (Wildman–Crippen LogP) is 4.28. The lowest BCUT2D eigenvalue weighted by molar-refractivity contribution is 0.0907. The summed E-state index contributed by atoms with van der Waals surface area (Å²) in [4.78, 5) is 21.1. The van der Waals surface area contributed by atoms with Crippen LogP contribution < -0.4 is 14.8 Å². The van der Waals surface area contributed by atoms with E-state index in [4.69, 9.17) is 13.9 Å². The molecule has 0 saturated carbocycles. The summed E-state index contributed by atoms with van der Waals surface area (Å²) in [5.74, 6) is 1.64. The van der Waals surface area contributed by atoms with Crippen LogP contribution in [0.1, 0.15) is 16.1 Å². The summed E-state index contributed by atoms with van der Waals surface area (Å²) in [6.07, 6.45) is 3.15. The van der Waals surface area contributed by atoms with Crippen molar-refractivity contribution in [2.24, 2.45) is 0 Å². The van der Waals surface area contributed by atoms with Gasteiger partial charge in [-0.05, 0) is 54.6 Å². The van der Waals surface area contributed by atoms with E-state index in [1.54, 1.807) is 43.8 Å². The zero-order valence-electron chi connectivity index (χ0n) is 17.7. The molecule has 5 rings (SSSR count). The molecule has 1 N–H and O–H groups in total. The topological polar surface area (TPSA) is 86.5 Å². The first-order chi connectivity index (χ1) is 16.1. The Morgan fingerprint density at radius 1 is 1.12 bits per heavy atom. The molecule has 4 aromatic rings. The Hall–Kier alpha value is -4.20. The number of nitrogens with zero attached hydrogens (tertiary/aromatic N) is 2. The number of furan rings is 1. The standard InChI is InChI=1S/C25H20FN3O4/c1-31-16-5-3-15(4-6-16)21-9-10-22(33-21)25(30)29-14-17-13-19-20(26)8-7-18(23(19)32-17)24-27-11-2-12-28-24/h2-12,17H,13-14H2,1H3,(H,29,30). The number of carbonyl (C=O) groups is 1. The van der Waals surface area contributed by atoms with E-state index in [-0.39, 0.29) is 24.0 Å². The fourth-order valence-corrected chi connectivity index (χ4v) is 3.76. The van der Waals surface area contributed by atoms with Crippen molar-refractivity contribution >= 4 is 5.91 Å². The summed E-state index contributed by atoms with van der Waals surface area (Å²) in [5, 5.41) is 2.81. The summed E-state index contributed by atoms with van der Waals surface area (Å²) < 4.78 is 31.2. The summed E-state index contributed by atoms with van der Waals surface area (Å²) in [6.45, 7) is 0.195. The first-order valence-corrected chi connectivity index (χ1v) is 10.4. The number of fused-ring (bicyclic) bond motifs is 1. The zero-order valence-corrected chi connectivity index (χ0v) is 17.7. The Morgan fingerprint density at radius 3 is 2.67 bits per heavy atom. The number of ether oxygens (including phenoxy) is 2. The molecule has 1 atom stereocenters. The molecule has 2 aromatic heterocycles. The number of amides is 1. The Morgan fingerprint density at radius 2 is 1.91 bits per heavy atom. The largest absolute Gasteiger partial charge is 0.497 e. The summed E-state index contributed by atoms with van der Waals surface area (Å²) >= 11 is 0. The van der Waals surface area contributed by atoms with Gasteiger partial charge in [-0.1, -0.05) is 0 Å².